The number of methoxy groups -OCH3 is 1. The Morgan fingerprint density at radius 1 is 1.44 bits per heavy atom. The minimum atomic E-state index is -0.147. The van der Waals surface area contributed by atoms with E-state index in [2.05, 4.69) is 34.3 Å². The van der Waals surface area contributed by atoms with Crippen molar-refractivity contribution in [3.05, 3.63) is 35.4 Å². The van der Waals surface area contributed by atoms with Crippen LogP contribution in [0, 0.1) is 0 Å². The van der Waals surface area contributed by atoms with Crippen molar-refractivity contribution in [3.63, 3.8) is 0 Å². The lowest BCUT2D eigenvalue weighted by Gasteiger charge is -2.28. The quantitative estimate of drug-likeness (QED) is 0.828. The number of carbonyl (C=O) groups is 1. The van der Waals surface area contributed by atoms with Gasteiger partial charge < -0.3 is 10.1 Å². The molecule has 2 unspecified atom stereocenters. The van der Waals surface area contributed by atoms with Crippen molar-refractivity contribution < 1.29 is 9.53 Å². The van der Waals surface area contributed by atoms with Gasteiger partial charge in [0.2, 0.25) is 0 Å². The van der Waals surface area contributed by atoms with E-state index in [1.54, 1.807) is 0 Å². The molecular formula is C15H21NO2. The van der Waals surface area contributed by atoms with Crippen LogP contribution in [0.25, 0.3) is 0 Å². The van der Waals surface area contributed by atoms with Crippen LogP contribution in [0.5, 0.6) is 0 Å². The predicted octanol–water partition coefficient (Wildman–Crippen LogP) is 2.09. The average molecular weight is 247 g/mol. The summed E-state index contributed by atoms with van der Waals surface area (Å²) in [6.07, 6.45) is 3.76. The largest absolute Gasteiger partial charge is 0.469 e. The zero-order chi connectivity index (χ0) is 13.0. The molecule has 0 aromatic heterocycles. The molecule has 98 valence electrons. The minimum absolute atomic E-state index is 0.147. The smallest absolute Gasteiger partial charge is 0.307 e. The molecule has 0 bridgehead atoms. The average Bonchev–Trinajstić information content (AvgIpc) is 2.38. The first-order valence-corrected chi connectivity index (χ1v) is 6.58. The van der Waals surface area contributed by atoms with Gasteiger partial charge in [0, 0.05) is 12.1 Å². The number of carbonyl (C=O) groups excluding carboxylic acids is 1. The number of rotatable bonds is 4. The second-order valence-corrected chi connectivity index (χ2v) is 5.06. The van der Waals surface area contributed by atoms with Crippen LogP contribution in [-0.4, -0.2) is 25.2 Å². The molecule has 1 aliphatic rings. The second-order valence-electron chi connectivity index (χ2n) is 5.06. The Labute approximate surface area is 109 Å². The van der Waals surface area contributed by atoms with Crippen LogP contribution < -0.4 is 5.32 Å². The molecule has 3 heteroatoms. The molecule has 0 aliphatic heterocycles. The molecule has 0 heterocycles. The molecule has 1 N–H and O–H groups in total. The van der Waals surface area contributed by atoms with Crippen LogP contribution in [0.1, 0.15) is 30.9 Å². The summed E-state index contributed by atoms with van der Waals surface area (Å²) >= 11 is 0. The fourth-order valence-electron chi connectivity index (χ4n) is 2.63. The molecule has 1 aromatic rings. The maximum absolute atomic E-state index is 11.2. The van der Waals surface area contributed by atoms with Gasteiger partial charge in [-0.1, -0.05) is 24.3 Å². The van der Waals surface area contributed by atoms with Crippen LogP contribution in [0.2, 0.25) is 0 Å². The Morgan fingerprint density at radius 2 is 2.17 bits per heavy atom. The molecule has 0 radical (unpaired) electrons. The Morgan fingerprint density at radius 3 is 2.89 bits per heavy atom. The lowest BCUT2D eigenvalue weighted by molar-refractivity contribution is -0.141. The zero-order valence-electron chi connectivity index (χ0n) is 11.1. The molecule has 0 amide bonds. The third kappa shape index (κ3) is 3.33. The van der Waals surface area contributed by atoms with Crippen molar-refractivity contribution in [2.24, 2.45) is 0 Å². The summed E-state index contributed by atoms with van der Waals surface area (Å²) in [5.41, 5.74) is 2.91. The number of ether oxygens (including phenoxy) is 1. The minimum Gasteiger partial charge on any atom is -0.469 e. The summed E-state index contributed by atoms with van der Waals surface area (Å²) in [6.45, 7) is 2.04. The fourth-order valence-corrected chi connectivity index (χ4v) is 2.63. The highest BCUT2D eigenvalue weighted by Crippen LogP contribution is 2.21. The molecule has 2 atom stereocenters. The molecular weight excluding hydrogens is 226 g/mol. The molecule has 2 rings (SSSR count). The van der Waals surface area contributed by atoms with Gasteiger partial charge in [-0.15, -0.1) is 0 Å². The Bertz CT molecular complexity index is 417. The molecule has 0 saturated heterocycles. The van der Waals surface area contributed by atoms with E-state index < -0.39 is 0 Å². The molecule has 0 fully saturated rings. The summed E-state index contributed by atoms with van der Waals surface area (Å²) in [4.78, 5) is 11.2. The number of aryl methyl sites for hydroxylation is 1. The van der Waals surface area contributed by atoms with Crippen LogP contribution in [-0.2, 0) is 22.4 Å². The summed E-state index contributed by atoms with van der Waals surface area (Å²) in [6, 6.07) is 9.26. The van der Waals surface area contributed by atoms with E-state index in [0.717, 1.165) is 19.3 Å². The first-order chi connectivity index (χ1) is 8.69. The van der Waals surface area contributed by atoms with E-state index in [4.69, 9.17) is 0 Å². The highest BCUT2D eigenvalue weighted by molar-refractivity contribution is 5.69. The molecule has 1 aliphatic carbocycles. The maximum Gasteiger partial charge on any atom is 0.307 e. The lowest BCUT2D eigenvalue weighted by Crippen LogP contribution is -2.41. The molecule has 1 aromatic carbocycles. The van der Waals surface area contributed by atoms with Crippen LogP contribution in [0.3, 0.4) is 0 Å². The van der Waals surface area contributed by atoms with E-state index in [-0.39, 0.29) is 12.0 Å². The molecule has 3 nitrogen and oxygen atoms in total. The number of hydrogen-bond acceptors (Lipinski definition) is 3. The van der Waals surface area contributed by atoms with Crippen molar-refractivity contribution in [3.8, 4) is 0 Å². The first kappa shape index (κ1) is 13.1. The van der Waals surface area contributed by atoms with Crippen molar-refractivity contribution in [1.82, 2.24) is 5.32 Å². The van der Waals surface area contributed by atoms with E-state index in [1.807, 2.05) is 6.92 Å². The molecule has 0 saturated carbocycles. The van der Waals surface area contributed by atoms with Gasteiger partial charge in [0.15, 0.2) is 0 Å². The first-order valence-electron chi connectivity index (χ1n) is 6.58. The third-order valence-corrected chi connectivity index (χ3v) is 3.57. The number of fused-ring (bicyclic) bond motifs is 1. The monoisotopic (exact) mass is 247 g/mol. The Balaban J connectivity index is 1.88. The highest BCUT2D eigenvalue weighted by Gasteiger charge is 2.20. The normalized spacial score (nSPS) is 20.0. The number of hydrogen-bond donors (Lipinski definition) is 1. The fraction of sp³-hybridized carbons (Fsp3) is 0.533. The van der Waals surface area contributed by atoms with Crippen LogP contribution in [0.15, 0.2) is 24.3 Å². The van der Waals surface area contributed by atoms with Gasteiger partial charge in [-0.2, -0.15) is 0 Å². The van der Waals surface area contributed by atoms with Crippen LogP contribution >= 0.6 is 0 Å². The van der Waals surface area contributed by atoms with E-state index in [1.165, 1.54) is 18.2 Å². The lowest BCUT2D eigenvalue weighted by atomic mass is 9.88. The van der Waals surface area contributed by atoms with E-state index in [0.29, 0.717) is 12.5 Å². The van der Waals surface area contributed by atoms with Crippen molar-refractivity contribution >= 4 is 5.97 Å². The summed E-state index contributed by atoms with van der Waals surface area (Å²) in [5.74, 6) is -0.147. The van der Waals surface area contributed by atoms with Gasteiger partial charge in [-0.05, 0) is 37.3 Å². The van der Waals surface area contributed by atoms with Gasteiger partial charge in [0.1, 0.15) is 0 Å². The Hall–Kier alpha value is -1.35. The topological polar surface area (TPSA) is 38.3 Å². The van der Waals surface area contributed by atoms with Crippen molar-refractivity contribution in [2.75, 3.05) is 7.11 Å². The van der Waals surface area contributed by atoms with E-state index in [9.17, 15) is 4.79 Å². The standard InChI is InChI=1S/C15H21NO2/c1-11(9-15(17)18-2)16-14-8-7-12-5-3-4-6-13(12)10-14/h3-6,11,14,16H,7-10H2,1-2H3. The maximum atomic E-state index is 11.2. The summed E-state index contributed by atoms with van der Waals surface area (Å²) < 4.78 is 4.69. The Kier molecular flexibility index (Phi) is 4.37. The molecule has 0 spiro atoms. The van der Waals surface area contributed by atoms with Crippen molar-refractivity contribution in [1.29, 1.82) is 0 Å². The number of esters is 1. The predicted molar refractivity (Wildman–Crippen MR) is 71.5 cm³/mol. The van der Waals surface area contributed by atoms with Crippen LogP contribution in [0.4, 0.5) is 0 Å². The summed E-state index contributed by atoms with van der Waals surface area (Å²) in [5, 5.41) is 3.52. The molecule has 18 heavy (non-hydrogen) atoms. The van der Waals surface area contributed by atoms with Crippen molar-refractivity contribution in [2.45, 2.75) is 44.7 Å². The van der Waals surface area contributed by atoms with Gasteiger partial charge in [0.25, 0.3) is 0 Å². The van der Waals surface area contributed by atoms with Gasteiger partial charge in [-0.3, -0.25) is 4.79 Å². The SMILES string of the molecule is COC(=O)CC(C)NC1CCc2ccccc2C1. The number of benzene rings is 1. The van der Waals surface area contributed by atoms with Gasteiger partial charge in [0.05, 0.1) is 13.5 Å². The second kappa shape index (κ2) is 6.01. The highest BCUT2D eigenvalue weighted by atomic mass is 16.5. The third-order valence-electron chi connectivity index (χ3n) is 3.57. The van der Waals surface area contributed by atoms with Gasteiger partial charge >= 0.3 is 5.97 Å². The van der Waals surface area contributed by atoms with Gasteiger partial charge in [-0.25, -0.2) is 0 Å². The van der Waals surface area contributed by atoms with E-state index >= 15 is 0 Å². The zero-order valence-corrected chi connectivity index (χ0v) is 11.1. The number of nitrogens with one attached hydrogen (secondary N) is 1. The summed E-state index contributed by atoms with van der Waals surface area (Å²) in [7, 11) is 1.44.